The number of hydrogen-bond acceptors (Lipinski definition) is 1. The summed E-state index contributed by atoms with van der Waals surface area (Å²) >= 11 is 0. The summed E-state index contributed by atoms with van der Waals surface area (Å²) in [5.74, 6) is 0.203. The van der Waals surface area contributed by atoms with Crippen molar-refractivity contribution < 1.29 is 0 Å². The number of para-hydroxylation sites is 1. The van der Waals surface area contributed by atoms with E-state index in [4.69, 9.17) is 0 Å². The SMILES string of the molecule is C1=CC2C(C=C1c1ccc3c(c1)c1c4c(ccc1n3-c1cccc(-c3ccccc3)c1)C(c1ccccc1)(c1ccccc1)c1ccccc1-4)c1ccccc1N2c1ccc2ccccc2c1. The molecule has 0 radical (unpaired) electrons. The number of benzene rings is 10. The van der Waals surface area contributed by atoms with Gasteiger partial charge in [0.15, 0.2) is 0 Å². The van der Waals surface area contributed by atoms with Crippen molar-refractivity contribution in [3.05, 3.63) is 288 Å². The molecule has 0 bridgehead atoms. The van der Waals surface area contributed by atoms with Crippen molar-refractivity contribution in [2.45, 2.75) is 17.4 Å². The summed E-state index contributed by atoms with van der Waals surface area (Å²) in [6, 6.07) is 88.0. The predicted octanol–water partition coefficient (Wildman–Crippen LogP) is 16.2. The zero-order chi connectivity index (χ0) is 44.1. The van der Waals surface area contributed by atoms with Gasteiger partial charge in [-0.2, -0.15) is 0 Å². The molecule has 2 heterocycles. The van der Waals surface area contributed by atoms with E-state index in [0.29, 0.717) is 0 Å². The van der Waals surface area contributed by atoms with Gasteiger partial charge >= 0.3 is 0 Å². The lowest BCUT2D eigenvalue weighted by atomic mass is 9.67. The summed E-state index contributed by atoms with van der Waals surface area (Å²) in [7, 11) is 0. The monoisotopic (exact) mass is 852 g/mol. The number of fused-ring (bicyclic) bond motifs is 11. The molecule has 67 heavy (non-hydrogen) atoms. The zero-order valence-corrected chi connectivity index (χ0v) is 36.8. The van der Waals surface area contributed by atoms with E-state index in [2.05, 4.69) is 264 Å². The molecule has 0 saturated carbocycles. The lowest BCUT2D eigenvalue weighted by Crippen LogP contribution is -2.28. The second kappa shape index (κ2) is 14.8. The van der Waals surface area contributed by atoms with Gasteiger partial charge in [-0.1, -0.05) is 206 Å². The molecule has 2 nitrogen and oxygen atoms in total. The van der Waals surface area contributed by atoms with E-state index in [1.54, 1.807) is 0 Å². The maximum Gasteiger partial charge on any atom is 0.0713 e. The molecule has 0 amide bonds. The van der Waals surface area contributed by atoms with Crippen molar-refractivity contribution in [1.82, 2.24) is 4.57 Å². The van der Waals surface area contributed by atoms with Crippen LogP contribution in [0.25, 0.3) is 66.1 Å². The fraction of sp³-hybridized carbons (Fsp3) is 0.0462. The molecule has 3 aliphatic rings. The Labute approximate surface area is 390 Å². The maximum absolute atomic E-state index is 2.54. The van der Waals surface area contributed by atoms with Crippen LogP contribution in [-0.2, 0) is 5.41 Å². The molecule has 0 N–H and O–H groups in total. The van der Waals surface area contributed by atoms with E-state index in [0.717, 1.165) is 5.69 Å². The molecule has 14 rings (SSSR count). The summed E-state index contributed by atoms with van der Waals surface area (Å²) in [6.45, 7) is 0. The largest absolute Gasteiger partial charge is 0.333 e. The van der Waals surface area contributed by atoms with Gasteiger partial charge in [0.2, 0.25) is 0 Å². The van der Waals surface area contributed by atoms with Gasteiger partial charge in [0.05, 0.1) is 22.5 Å². The number of hydrogen-bond donors (Lipinski definition) is 0. The second-order valence-corrected chi connectivity index (χ2v) is 18.4. The Balaban J connectivity index is 1.00. The zero-order valence-electron chi connectivity index (χ0n) is 36.8. The van der Waals surface area contributed by atoms with Crippen LogP contribution in [-0.4, -0.2) is 10.6 Å². The smallest absolute Gasteiger partial charge is 0.0713 e. The minimum absolute atomic E-state index is 0.175. The van der Waals surface area contributed by atoms with Crippen molar-refractivity contribution in [1.29, 1.82) is 0 Å². The van der Waals surface area contributed by atoms with E-state index in [1.165, 1.54) is 105 Å². The van der Waals surface area contributed by atoms with Crippen LogP contribution in [0.3, 0.4) is 0 Å². The van der Waals surface area contributed by atoms with Crippen LogP contribution in [0.2, 0.25) is 0 Å². The van der Waals surface area contributed by atoms with E-state index >= 15 is 0 Å². The molecule has 10 aromatic carbocycles. The molecular formula is C65H44N2. The van der Waals surface area contributed by atoms with Crippen LogP contribution in [0.15, 0.2) is 255 Å². The van der Waals surface area contributed by atoms with Crippen molar-refractivity contribution in [2.75, 3.05) is 4.90 Å². The molecule has 314 valence electrons. The van der Waals surface area contributed by atoms with Crippen molar-refractivity contribution in [3.63, 3.8) is 0 Å². The Kier molecular flexibility index (Phi) is 8.36. The normalized spacial score (nSPS) is 16.5. The van der Waals surface area contributed by atoms with E-state index < -0.39 is 5.41 Å². The van der Waals surface area contributed by atoms with E-state index in [9.17, 15) is 0 Å². The van der Waals surface area contributed by atoms with Gasteiger partial charge in [-0.05, 0) is 121 Å². The number of rotatable bonds is 6. The van der Waals surface area contributed by atoms with Crippen LogP contribution in [0.5, 0.6) is 0 Å². The van der Waals surface area contributed by atoms with Gasteiger partial charge < -0.3 is 9.47 Å². The van der Waals surface area contributed by atoms with Gasteiger partial charge in [0.1, 0.15) is 0 Å². The number of aromatic nitrogens is 1. The molecule has 1 aromatic heterocycles. The van der Waals surface area contributed by atoms with Gasteiger partial charge in [-0.25, -0.2) is 0 Å². The summed E-state index contributed by atoms with van der Waals surface area (Å²) in [6.07, 6.45) is 7.35. The third kappa shape index (κ3) is 5.57. The molecule has 0 fully saturated rings. The summed E-state index contributed by atoms with van der Waals surface area (Å²) in [5.41, 5.74) is 19.6. The quantitative estimate of drug-likeness (QED) is 0.162. The molecule has 0 saturated heterocycles. The lowest BCUT2D eigenvalue weighted by molar-refractivity contribution is 0.747. The van der Waals surface area contributed by atoms with E-state index in [-0.39, 0.29) is 12.0 Å². The van der Waals surface area contributed by atoms with Crippen LogP contribution in [0.1, 0.15) is 39.3 Å². The molecular weight excluding hydrogens is 809 g/mol. The maximum atomic E-state index is 2.54. The molecule has 2 atom stereocenters. The average molecular weight is 853 g/mol. The standard InChI is InChI=1S/C65H44N2/c1-4-17-43(18-5-1)46-21-16-26-51(39-46)67-61-37-33-48(47-32-36-60-55(41-47)53-27-13-15-30-59(53)66(60)52-34-31-44-19-10-11-20-45(44)40-52)42-56(61)64-62(67)38-35-58-63(64)54-28-12-14-29-57(54)65(58,49-22-6-2-7-23-49)50-24-8-3-9-25-50/h1-42,55,60H. The molecule has 2 heteroatoms. The Hall–Kier alpha value is -8.46. The third-order valence-corrected chi connectivity index (χ3v) is 15.0. The Bertz CT molecular complexity index is 3780. The van der Waals surface area contributed by atoms with Crippen molar-refractivity contribution in [2.24, 2.45) is 0 Å². The minimum atomic E-state index is -0.502. The van der Waals surface area contributed by atoms with Crippen LogP contribution < -0.4 is 4.90 Å². The second-order valence-electron chi connectivity index (χ2n) is 18.4. The highest BCUT2D eigenvalue weighted by Crippen LogP contribution is 2.59. The van der Waals surface area contributed by atoms with Gasteiger partial charge in [-0.3, -0.25) is 0 Å². The number of anilines is 2. The highest BCUT2D eigenvalue weighted by molar-refractivity contribution is 6.19. The minimum Gasteiger partial charge on any atom is -0.333 e. The molecule has 0 spiro atoms. The van der Waals surface area contributed by atoms with Crippen LogP contribution >= 0.6 is 0 Å². The summed E-state index contributed by atoms with van der Waals surface area (Å²) in [4.78, 5) is 2.54. The first-order valence-electron chi connectivity index (χ1n) is 23.5. The summed E-state index contributed by atoms with van der Waals surface area (Å²) < 4.78 is 2.50. The number of allylic oxidation sites excluding steroid dienone is 2. The summed E-state index contributed by atoms with van der Waals surface area (Å²) in [5, 5.41) is 5.06. The fourth-order valence-corrected chi connectivity index (χ4v) is 12.1. The predicted molar refractivity (Wildman–Crippen MR) is 280 cm³/mol. The Morgan fingerprint density at radius 3 is 1.94 bits per heavy atom. The molecule has 2 unspecified atom stereocenters. The number of nitrogens with zero attached hydrogens (tertiary/aromatic N) is 2. The van der Waals surface area contributed by atoms with Gasteiger partial charge in [0, 0.05) is 33.8 Å². The molecule has 11 aromatic rings. The fourth-order valence-electron chi connectivity index (χ4n) is 12.1. The molecule has 2 aliphatic carbocycles. The first-order chi connectivity index (χ1) is 33.2. The van der Waals surface area contributed by atoms with Gasteiger partial charge in [-0.15, -0.1) is 0 Å². The van der Waals surface area contributed by atoms with Crippen LogP contribution in [0.4, 0.5) is 11.4 Å². The molecule has 1 aliphatic heterocycles. The highest BCUT2D eigenvalue weighted by atomic mass is 15.2. The topological polar surface area (TPSA) is 8.17 Å². The highest BCUT2D eigenvalue weighted by Gasteiger charge is 2.47. The van der Waals surface area contributed by atoms with E-state index in [1.807, 2.05) is 0 Å². The third-order valence-electron chi connectivity index (χ3n) is 15.0. The van der Waals surface area contributed by atoms with Gasteiger partial charge in [0.25, 0.3) is 0 Å². The van der Waals surface area contributed by atoms with Crippen LogP contribution in [0, 0.1) is 0 Å². The van der Waals surface area contributed by atoms with Crippen molar-refractivity contribution >= 4 is 49.5 Å². The first kappa shape index (κ1) is 37.9. The first-order valence-corrected chi connectivity index (χ1v) is 23.5. The lowest BCUT2D eigenvalue weighted by Gasteiger charge is -2.33. The Morgan fingerprint density at radius 2 is 1.12 bits per heavy atom. The van der Waals surface area contributed by atoms with Crippen molar-refractivity contribution in [3.8, 4) is 27.9 Å². The average Bonchev–Trinajstić information content (AvgIpc) is 4.03. The Morgan fingerprint density at radius 1 is 0.433 bits per heavy atom.